The van der Waals surface area contributed by atoms with E-state index in [1.54, 1.807) is 18.2 Å². The summed E-state index contributed by atoms with van der Waals surface area (Å²) in [6.07, 6.45) is 1.18. The van der Waals surface area contributed by atoms with Crippen molar-refractivity contribution in [3.05, 3.63) is 28.2 Å². The van der Waals surface area contributed by atoms with E-state index in [-0.39, 0.29) is 11.5 Å². The predicted octanol–water partition coefficient (Wildman–Crippen LogP) is 4.93. The fourth-order valence-corrected chi connectivity index (χ4v) is 2.72. The minimum Gasteiger partial charge on any atom is -0.488 e. The molecule has 1 aromatic rings. The van der Waals surface area contributed by atoms with E-state index in [1.807, 2.05) is 0 Å². The molecule has 88 valence electrons. The van der Waals surface area contributed by atoms with Crippen LogP contribution < -0.4 is 4.74 Å². The van der Waals surface area contributed by atoms with Crippen LogP contribution in [0.15, 0.2) is 18.2 Å². The highest BCUT2D eigenvalue weighted by atomic mass is 79.9. The maximum absolute atomic E-state index is 6.06. The quantitative estimate of drug-likeness (QED) is 0.701. The van der Waals surface area contributed by atoms with E-state index < -0.39 is 0 Å². The van der Waals surface area contributed by atoms with Gasteiger partial charge in [0, 0.05) is 21.3 Å². The minimum absolute atomic E-state index is 0.131. The van der Waals surface area contributed by atoms with Gasteiger partial charge in [-0.1, -0.05) is 53.0 Å². The number of benzene rings is 1. The van der Waals surface area contributed by atoms with Gasteiger partial charge in [0.05, 0.1) is 5.02 Å². The zero-order valence-corrected chi connectivity index (χ0v) is 12.2. The molecule has 1 nitrogen and oxygen atoms in total. The number of rotatable bonds is 2. The normalized spacial score (nSPS) is 27.3. The zero-order valence-electron chi connectivity index (χ0n) is 9.14. The number of hydrogen-bond donors (Lipinski definition) is 0. The SMILES string of the molecule is CC1(C)C(Br)CC1Oc1cc(Cl)ccc1Cl. The number of ether oxygens (including phenoxy) is 1. The molecule has 0 heterocycles. The maximum Gasteiger partial charge on any atom is 0.139 e. The van der Waals surface area contributed by atoms with Crippen LogP contribution in [-0.2, 0) is 0 Å². The van der Waals surface area contributed by atoms with Crippen molar-refractivity contribution in [3.8, 4) is 5.75 Å². The maximum atomic E-state index is 6.06. The summed E-state index contributed by atoms with van der Waals surface area (Å²) in [6.45, 7) is 4.36. The van der Waals surface area contributed by atoms with Gasteiger partial charge in [-0.15, -0.1) is 0 Å². The molecular formula is C12H13BrCl2O. The Morgan fingerprint density at radius 2 is 2.06 bits per heavy atom. The number of halogens is 3. The van der Waals surface area contributed by atoms with Crippen LogP contribution in [0.4, 0.5) is 0 Å². The summed E-state index contributed by atoms with van der Waals surface area (Å²) in [5.74, 6) is 0.673. The monoisotopic (exact) mass is 322 g/mol. The van der Waals surface area contributed by atoms with Gasteiger partial charge in [0.25, 0.3) is 0 Å². The highest BCUT2D eigenvalue weighted by molar-refractivity contribution is 9.09. The second-order valence-electron chi connectivity index (χ2n) is 4.71. The first-order chi connectivity index (χ1) is 7.41. The van der Waals surface area contributed by atoms with Gasteiger partial charge in [0.1, 0.15) is 11.9 Å². The van der Waals surface area contributed by atoms with Crippen molar-refractivity contribution in [3.63, 3.8) is 0 Å². The lowest BCUT2D eigenvalue weighted by Crippen LogP contribution is -2.53. The zero-order chi connectivity index (χ0) is 11.9. The van der Waals surface area contributed by atoms with Gasteiger partial charge in [-0.2, -0.15) is 0 Å². The molecule has 0 N–H and O–H groups in total. The fourth-order valence-electron chi connectivity index (χ4n) is 1.76. The van der Waals surface area contributed by atoms with E-state index >= 15 is 0 Å². The molecule has 1 aliphatic rings. The highest BCUT2D eigenvalue weighted by Gasteiger charge is 2.48. The van der Waals surface area contributed by atoms with Crippen molar-refractivity contribution < 1.29 is 4.74 Å². The van der Waals surface area contributed by atoms with E-state index in [2.05, 4.69) is 29.8 Å². The van der Waals surface area contributed by atoms with Crippen molar-refractivity contribution in [1.82, 2.24) is 0 Å². The Morgan fingerprint density at radius 1 is 1.38 bits per heavy atom. The van der Waals surface area contributed by atoms with Crippen molar-refractivity contribution in [1.29, 1.82) is 0 Å². The lowest BCUT2D eigenvalue weighted by Gasteiger charge is -2.48. The number of hydrogen-bond acceptors (Lipinski definition) is 1. The van der Waals surface area contributed by atoms with Crippen LogP contribution in [-0.4, -0.2) is 10.9 Å². The minimum atomic E-state index is 0.131. The van der Waals surface area contributed by atoms with Crippen LogP contribution in [0.5, 0.6) is 5.75 Å². The predicted molar refractivity (Wildman–Crippen MR) is 72.0 cm³/mol. The van der Waals surface area contributed by atoms with Crippen LogP contribution in [0, 0.1) is 5.41 Å². The molecule has 2 rings (SSSR count). The second kappa shape index (κ2) is 4.40. The molecule has 0 amide bonds. The molecule has 1 aromatic carbocycles. The van der Waals surface area contributed by atoms with Crippen LogP contribution in [0.1, 0.15) is 20.3 Å². The Labute approximate surface area is 114 Å². The number of alkyl halides is 1. The molecule has 4 heteroatoms. The average Bonchev–Trinajstić information content (AvgIpc) is 2.23. The summed E-state index contributed by atoms with van der Waals surface area (Å²) in [4.78, 5) is 0.503. The molecule has 16 heavy (non-hydrogen) atoms. The van der Waals surface area contributed by atoms with Crippen molar-refractivity contribution in [2.24, 2.45) is 5.41 Å². The van der Waals surface area contributed by atoms with E-state index in [0.717, 1.165) is 6.42 Å². The molecule has 1 aliphatic carbocycles. The van der Waals surface area contributed by atoms with E-state index in [9.17, 15) is 0 Å². The third-order valence-corrected chi connectivity index (χ3v) is 5.32. The molecule has 0 aliphatic heterocycles. The molecule has 2 unspecified atom stereocenters. The lowest BCUT2D eigenvalue weighted by molar-refractivity contribution is -0.00771. The third-order valence-electron chi connectivity index (χ3n) is 3.22. The second-order valence-corrected chi connectivity index (χ2v) is 6.65. The summed E-state index contributed by atoms with van der Waals surface area (Å²) in [5, 5.41) is 1.25. The van der Waals surface area contributed by atoms with Gasteiger partial charge in [0.15, 0.2) is 0 Å². The molecule has 1 fully saturated rings. The topological polar surface area (TPSA) is 9.23 Å². The Bertz CT molecular complexity index is 406. The molecule has 0 bridgehead atoms. The Kier molecular flexibility index (Phi) is 3.44. The van der Waals surface area contributed by atoms with Crippen LogP contribution in [0.25, 0.3) is 0 Å². The molecular weight excluding hydrogens is 311 g/mol. The van der Waals surface area contributed by atoms with Gasteiger partial charge in [0.2, 0.25) is 0 Å². The Morgan fingerprint density at radius 3 is 2.62 bits per heavy atom. The van der Waals surface area contributed by atoms with Crippen LogP contribution in [0.2, 0.25) is 10.0 Å². The summed E-state index contributed by atoms with van der Waals surface area (Å²) in [6, 6.07) is 5.29. The van der Waals surface area contributed by atoms with Crippen LogP contribution >= 0.6 is 39.1 Å². The van der Waals surface area contributed by atoms with E-state index in [1.165, 1.54) is 0 Å². The first-order valence-corrected chi connectivity index (χ1v) is 6.84. The first kappa shape index (κ1) is 12.5. The molecule has 0 spiro atoms. The Balaban J connectivity index is 2.13. The van der Waals surface area contributed by atoms with Gasteiger partial charge in [-0.3, -0.25) is 0 Å². The van der Waals surface area contributed by atoms with Gasteiger partial charge in [-0.25, -0.2) is 0 Å². The average molecular weight is 324 g/mol. The van der Waals surface area contributed by atoms with E-state index in [4.69, 9.17) is 27.9 Å². The molecule has 0 radical (unpaired) electrons. The lowest BCUT2D eigenvalue weighted by atomic mass is 9.69. The summed E-state index contributed by atoms with van der Waals surface area (Å²) in [5.41, 5.74) is 0.131. The summed E-state index contributed by atoms with van der Waals surface area (Å²) < 4.78 is 5.90. The van der Waals surface area contributed by atoms with Gasteiger partial charge >= 0.3 is 0 Å². The van der Waals surface area contributed by atoms with Gasteiger partial charge in [-0.05, 0) is 18.6 Å². The Hall–Kier alpha value is 0.0800. The first-order valence-electron chi connectivity index (χ1n) is 5.17. The van der Waals surface area contributed by atoms with Crippen molar-refractivity contribution in [2.75, 3.05) is 0 Å². The molecule has 0 saturated heterocycles. The molecule has 0 aromatic heterocycles. The molecule has 2 atom stereocenters. The fraction of sp³-hybridized carbons (Fsp3) is 0.500. The van der Waals surface area contributed by atoms with Crippen molar-refractivity contribution >= 4 is 39.1 Å². The largest absolute Gasteiger partial charge is 0.488 e. The smallest absolute Gasteiger partial charge is 0.139 e. The molecule has 1 saturated carbocycles. The van der Waals surface area contributed by atoms with Gasteiger partial charge < -0.3 is 4.74 Å². The summed E-state index contributed by atoms with van der Waals surface area (Å²) in [7, 11) is 0. The highest BCUT2D eigenvalue weighted by Crippen LogP contribution is 2.48. The third kappa shape index (κ3) is 2.20. The standard InChI is InChI=1S/C12H13BrCl2O/c1-12(2)10(13)6-11(12)16-9-5-7(14)3-4-8(9)15/h3-5,10-11H,6H2,1-2H3. The van der Waals surface area contributed by atoms with E-state index in [0.29, 0.717) is 20.6 Å². The summed E-state index contributed by atoms with van der Waals surface area (Å²) >= 11 is 15.6. The van der Waals surface area contributed by atoms with Crippen LogP contribution in [0.3, 0.4) is 0 Å². The van der Waals surface area contributed by atoms with Crippen molar-refractivity contribution in [2.45, 2.75) is 31.2 Å².